The van der Waals surface area contributed by atoms with Crippen LogP contribution in [0.5, 0.6) is 0 Å². The van der Waals surface area contributed by atoms with Crippen molar-refractivity contribution in [2.24, 2.45) is 0 Å². The lowest BCUT2D eigenvalue weighted by atomic mass is 10.1. The molecule has 110 valence electrons. The summed E-state index contributed by atoms with van der Waals surface area (Å²) in [6.45, 7) is 3.73. The number of benzene rings is 1. The van der Waals surface area contributed by atoms with Crippen LogP contribution in [-0.2, 0) is 20.7 Å². The van der Waals surface area contributed by atoms with Gasteiger partial charge in [-0.15, -0.1) is 0 Å². The normalized spacial score (nSPS) is 10.4. The standard InChI is InChI=1S/C16H17NO4/c1-3-20-15(19)10-13(18)9-14-11(2)21-16(17-14)12-7-5-4-6-8-12/h4-8H,3,9-10H2,1-2H3. The van der Waals surface area contributed by atoms with Crippen molar-refractivity contribution in [2.75, 3.05) is 6.61 Å². The number of oxazole rings is 1. The molecule has 0 unspecified atom stereocenters. The minimum Gasteiger partial charge on any atom is -0.466 e. The van der Waals surface area contributed by atoms with E-state index in [1.54, 1.807) is 13.8 Å². The van der Waals surface area contributed by atoms with Gasteiger partial charge in [0.25, 0.3) is 0 Å². The molecule has 0 aliphatic heterocycles. The lowest BCUT2D eigenvalue weighted by Gasteiger charge is -2.00. The van der Waals surface area contributed by atoms with E-state index in [1.807, 2.05) is 30.3 Å². The molecule has 2 aromatic rings. The zero-order valence-corrected chi connectivity index (χ0v) is 12.1. The second kappa shape index (κ2) is 6.83. The van der Waals surface area contributed by atoms with Crippen LogP contribution in [0.3, 0.4) is 0 Å². The fourth-order valence-corrected chi connectivity index (χ4v) is 1.92. The molecule has 5 nitrogen and oxygen atoms in total. The predicted octanol–water partition coefficient (Wildman–Crippen LogP) is 2.71. The molecule has 1 heterocycles. The van der Waals surface area contributed by atoms with Crippen LogP contribution in [0, 0.1) is 6.92 Å². The number of aromatic nitrogens is 1. The van der Waals surface area contributed by atoms with E-state index in [2.05, 4.69) is 4.98 Å². The van der Waals surface area contributed by atoms with Crippen LogP contribution in [0.2, 0.25) is 0 Å². The summed E-state index contributed by atoms with van der Waals surface area (Å²) in [5, 5.41) is 0. The summed E-state index contributed by atoms with van der Waals surface area (Å²) in [6, 6.07) is 9.45. The molecule has 0 aliphatic rings. The number of ether oxygens (including phenoxy) is 1. The summed E-state index contributed by atoms with van der Waals surface area (Å²) in [5.74, 6) is 0.328. The molecule has 0 aliphatic carbocycles. The Morgan fingerprint density at radius 3 is 2.62 bits per heavy atom. The first kappa shape index (κ1) is 15.0. The van der Waals surface area contributed by atoms with Crippen molar-refractivity contribution in [1.82, 2.24) is 4.98 Å². The quantitative estimate of drug-likeness (QED) is 0.603. The first-order chi connectivity index (χ1) is 10.1. The fourth-order valence-electron chi connectivity index (χ4n) is 1.92. The Hall–Kier alpha value is -2.43. The van der Waals surface area contributed by atoms with E-state index in [9.17, 15) is 9.59 Å². The Kier molecular flexibility index (Phi) is 4.87. The number of hydrogen-bond acceptors (Lipinski definition) is 5. The molecule has 1 aromatic carbocycles. The molecule has 0 amide bonds. The third kappa shape index (κ3) is 4.02. The van der Waals surface area contributed by atoms with Gasteiger partial charge in [-0.25, -0.2) is 4.98 Å². The molecule has 0 saturated carbocycles. The topological polar surface area (TPSA) is 69.4 Å². The van der Waals surface area contributed by atoms with Crippen LogP contribution in [-0.4, -0.2) is 23.3 Å². The van der Waals surface area contributed by atoms with Crippen molar-refractivity contribution >= 4 is 11.8 Å². The number of carbonyl (C=O) groups is 2. The van der Waals surface area contributed by atoms with Gasteiger partial charge in [-0.2, -0.15) is 0 Å². The van der Waals surface area contributed by atoms with Crippen LogP contribution in [0.1, 0.15) is 24.8 Å². The SMILES string of the molecule is CCOC(=O)CC(=O)Cc1nc(-c2ccccc2)oc1C. The maximum absolute atomic E-state index is 11.8. The van der Waals surface area contributed by atoms with Crippen LogP contribution < -0.4 is 0 Å². The molecular weight excluding hydrogens is 270 g/mol. The molecule has 21 heavy (non-hydrogen) atoms. The number of rotatable bonds is 6. The van der Waals surface area contributed by atoms with Gasteiger partial charge in [-0.05, 0) is 26.0 Å². The van der Waals surface area contributed by atoms with Crippen molar-refractivity contribution in [3.63, 3.8) is 0 Å². The molecule has 2 rings (SSSR count). The first-order valence-electron chi connectivity index (χ1n) is 6.79. The van der Waals surface area contributed by atoms with E-state index in [-0.39, 0.29) is 25.2 Å². The zero-order chi connectivity index (χ0) is 15.2. The van der Waals surface area contributed by atoms with E-state index >= 15 is 0 Å². The lowest BCUT2D eigenvalue weighted by molar-refractivity contribution is -0.145. The lowest BCUT2D eigenvalue weighted by Crippen LogP contribution is -2.13. The Morgan fingerprint density at radius 1 is 1.24 bits per heavy atom. The molecule has 1 aromatic heterocycles. The fraction of sp³-hybridized carbons (Fsp3) is 0.312. The average molecular weight is 287 g/mol. The van der Waals surface area contributed by atoms with Gasteiger partial charge in [-0.3, -0.25) is 9.59 Å². The van der Waals surface area contributed by atoms with Gasteiger partial charge in [0.2, 0.25) is 5.89 Å². The number of carbonyl (C=O) groups excluding carboxylic acids is 2. The summed E-state index contributed by atoms with van der Waals surface area (Å²) in [7, 11) is 0. The minimum absolute atomic E-state index is 0.0704. The summed E-state index contributed by atoms with van der Waals surface area (Å²) >= 11 is 0. The highest BCUT2D eigenvalue weighted by Gasteiger charge is 2.17. The van der Waals surface area contributed by atoms with Gasteiger partial charge < -0.3 is 9.15 Å². The smallest absolute Gasteiger partial charge is 0.313 e. The van der Waals surface area contributed by atoms with E-state index in [0.29, 0.717) is 17.3 Å². The number of hydrogen-bond donors (Lipinski definition) is 0. The largest absolute Gasteiger partial charge is 0.466 e. The third-order valence-corrected chi connectivity index (χ3v) is 2.92. The molecule has 5 heteroatoms. The van der Waals surface area contributed by atoms with Crippen LogP contribution in [0.25, 0.3) is 11.5 Å². The predicted molar refractivity (Wildman–Crippen MR) is 76.6 cm³/mol. The third-order valence-electron chi connectivity index (χ3n) is 2.92. The molecule has 0 bridgehead atoms. The molecule has 0 fully saturated rings. The molecule has 0 radical (unpaired) electrons. The zero-order valence-electron chi connectivity index (χ0n) is 12.1. The van der Waals surface area contributed by atoms with Crippen LogP contribution >= 0.6 is 0 Å². The van der Waals surface area contributed by atoms with E-state index in [1.165, 1.54) is 0 Å². The Bertz CT molecular complexity index is 631. The van der Waals surface area contributed by atoms with Gasteiger partial charge in [-0.1, -0.05) is 18.2 Å². The number of nitrogens with zero attached hydrogens (tertiary/aromatic N) is 1. The second-order valence-electron chi connectivity index (χ2n) is 4.59. The second-order valence-corrected chi connectivity index (χ2v) is 4.59. The first-order valence-corrected chi connectivity index (χ1v) is 6.79. The summed E-state index contributed by atoms with van der Waals surface area (Å²) in [4.78, 5) is 27.4. The van der Waals surface area contributed by atoms with Crippen molar-refractivity contribution in [3.05, 3.63) is 41.8 Å². The molecule has 0 atom stereocenters. The number of Topliss-reactive ketones (excluding diaryl/α,β-unsaturated/α-hetero) is 1. The maximum Gasteiger partial charge on any atom is 0.313 e. The highest BCUT2D eigenvalue weighted by Crippen LogP contribution is 2.21. The Labute approximate surface area is 122 Å². The van der Waals surface area contributed by atoms with Gasteiger partial charge in [0.05, 0.1) is 18.7 Å². The Morgan fingerprint density at radius 2 is 1.95 bits per heavy atom. The van der Waals surface area contributed by atoms with E-state index < -0.39 is 5.97 Å². The monoisotopic (exact) mass is 287 g/mol. The number of aryl methyl sites for hydroxylation is 1. The highest BCUT2D eigenvalue weighted by atomic mass is 16.5. The van der Waals surface area contributed by atoms with Crippen molar-refractivity contribution in [3.8, 4) is 11.5 Å². The van der Waals surface area contributed by atoms with E-state index in [4.69, 9.17) is 9.15 Å². The number of ketones is 1. The van der Waals surface area contributed by atoms with Crippen LogP contribution in [0.4, 0.5) is 0 Å². The van der Waals surface area contributed by atoms with Crippen molar-refractivity contribution in [2.45, 2.75) is 26.7 Å². The summed E-state index contributed by atoms with van der Waals surface area (Å²) < 4.78 is 10.3. The molecule has 0 saturated heterocycles. The van der Waals surface area contributed by atoms with Crippen molar-refractivity contribution in [1.29, 1.82) is 0 Å². The van der Waals surface area contributed by atoms with Gasteiger partial charge in [0.15, 0.2) is 0 Å². The van der Waals surface area contributed by atoms with Gasteiger partial charge in [0, 0.05) is 5.56 Å². The van der Waals surface area contributed by atoms with Crippen LogP contribution in [0.15, 0.2) is 34.7 Å². The van der Waals surface area contributed by atoms with Gasteiger partial charge >= 0.3 is 5.97 Å². The average Bonchev–Trinajstić information content (AvgIpc) is 2.81. The van der Waals surface area contributed by atoms with E-state index in [0.717, 1.165) is 5.56 Å². The summed E-state index contributed by atoms with van der Waals surface area (Å²) in [5.41, 5.74) is 1.41. The maximum atomic E-state index is 11.8. The van der Waals surface area contributed by atoms with Gasteiger partial charge in [0.1, 0.15) is 18.0 Å². The Balaban J connectivity index is 2.06. The summed E-state index contributed by atoms with van der Waals surface area (Å²) in [6.07, 6.45) is -0.165. The molecular formula is C16H17NO4. The molecule has 0 N–H and O–H groups in total. The van der Waals surface area contributed by atoms with Crippen molar-refractivity contribution < 1.29 is 18.7 Å². The minimum atomic E-state index is -0.507. The highest BCUT2D eigenvalue weighted by molar-refractivity contribution is 5.96. The number of esters is 1. The molecule has 0 spiro atoms.